The Labute approximate surface area is 184 Å². The Hall–Kier alpha value is -2.77. The summed E-state index contributed by atoms with van der Waals surface area (Å²) in [5.41, 5.74) is 1.55. The minimum absolute atomic E-state index is 0.0211. The molecule has 0 aliphatic heterocycles. The van der Waals surface area contributed by atoms with Crippen LogP contribution in [0.4, 0.5) is 0 Å². The third-order valence-corrected chi connectivity index (χ3v) is 5.06. The van der Waals surface area contributed by atoms with E-state index in [1.54, 1.807) is 19.1 Å². The van der Waals surface area contributed by atoms with Crippen molar-refractivity contribution in [3.05, 3.63) is 70.5 Å². The van der Waals surface area contributed by atoms with E-state index >= 15 is 0 Å². The predicted molar refractivity (Wildman–Crippen MR) is 117 cm³/mol. The van der Waals surface area contributed by atoms with E-state index in [-0.39, 0.29) is 12.4 Å². The van der Waals surface area contributed by atoms with Gasteiger partial charge in [-0.05, 0) is 43.0 Å². The molecule has 0 unspecified atom stereocenters. The molecule has 0 saturated heterocycles. The van der Waals surface area contributed by atoms with Gasteiger partial charge in [-0.3, -0.25) is 4.79 Å². The number of thioether (sulfide) groups is 1. The lowest BCUT2D eigenvalue weighted by Crippen LogP contribution is -2.10. The number of hydrogen-bond donors (Lipinski definition) is 0. The maximum atomic E-state index is 11.9. The van der Waals surface area contributed by atoms with E-state index in [4.69, 9.17) is 25.8 Å². The molecule has 0 saturated carbocycles. The highest BCUT2D eigenvalue weighted by molar-refractivity contribution is 7.98. The summed E-state index contributed by atoms with van der Waals surface area (Å²) in [5.74, 6) is 1.66. The Bertz CT molecular complexity index is 1050. The molecular formula is C22H21ClN2O4S. The van der Waals surface area contributed by atoms with Crippen molar-refractivity contribution in [3.63, 3.8) is 0 Å². The molecule has 1 heterocycles. The number of halogens is 1. The van der Waals surface area contributed by atoms with Gasteiger partial charge < -0.3 is 14.2 Å². The van der Waals surface area contributed by atoms with Gasteiger partial charge in [-0.2, -0.15) is 4.98 Å². The van der Waals surface area contributed by atoms with Crippen molar-refractivity contribution in [1.82, 2.24) is 9.97 Å². The van der Waals surface area contributed by atoms with Crippen molar-refractivity contribution in [3.8, 4) is 17.4 Å². The largest absolute Gasteiger partial charge is 0.489 e. The van der Waals surface area contributed by atoms with Crippen LogP contribution in [-0.2, 0) is 22.6 Å². The van der Waals surface area contributed by atoms with Crippen LogP contribution in [0.5, 0.6) is 17.4 Å². The highest BCUT2D eigenvalue weighted by Gasteiger charge is 2.18. The number of rotatable bonds is 8. The molecule has 0 aliphatic carbocycles. The molecule has 0 N–H and O–H groups in total. The van der Waals surface area contributed by atoms with E-state index in [1.807, 2.05) is 42.7 Å². The molecule has 156 valence electrons. The molecule has 0 amide bonds. The molecule has 30 heavy (non-hydrogen) atoms. The van der Waals surface area contributed by atoms with Crippen molar-refractivity contribution in [2.75, 3.05) is 13.4 Å². The maximum absolute atomic E-state index is 11.9. The van der Waals surface area contributed by atoms with Crippen molar-refractivity contribution >= 4 is 29.3 Å². The molecule has 0 aliphatic rings. The minimum Gasteiger partial charge on any atom is -0.489 e. The highest BCUT2D eigenvalue weighted by Crippen LogP contribution is 2.31. The zero-order valence-corrected chi connectivity index (χ0v) is 18.4. The van der Waals surface area contributed by atoms with Crippen molar-refractivity contribution in [2.24, 2.45) is 0 Å². The van der Waals surface area contributed by atoms with Gasteiger partial charge >= 0.3 is 5.97 Å². The maximum Gasteiger partial charge on any atom is 0.310 e. The zero-order chi connectivity index (χ0) is 21.5. The normalized spacial score (nSPS) is 10.5. The van der Waals surface area contributed by atoms with Gasteiger partial charge in [0, 0.05) is 11.1 Å². The average Bonchev–Trinajstić information content (AvgIpc) is 2.74. The number of carbonyl (C=O) groups is 1. The third-order valence-electron chi connectivity index (χ3n) is 4.10. The number of methoxy groups -OCH3 is 1. The first kappa shape index (κ1) is 21.9. The summed E-state index contributed by atoms with van der Waals surface area (Å²) in [6.07, 6.45) is 1.91. The van der Waals surface area contributed by atoms with Crippen LogP contribution in [0.3, 0.4) is 0 Å². The molecule has 0 atom stereocenters. The Morgan fingerprint density at radius 1 is 1.10 bits per heavy atom. The number of aryl methyl sites for hydroxylation is 1. The van der Waals surface area contributed by atoms with Crippen LogP contribution in [0, 0.1) is 6.92 Å². The Morgan fingerprint density at radius 3 is 2.60 bits per heavy atom. The molecule has 8 heteroatoms. The fraction of sp³-hybridized carbons (Fsp3) is 0.227. The van der Waals surface area contributed by atoms with Gasteiger partial charge in [-0.1, -0.05) is 29.8 Å². The van der Waals surface area contributed by atoms with E-state index < -0.39 is 0 Å². The molecule has 2 aromatic carbocycles. The number of benzene rings is 2. The van der Waals surface area contributed by atoms with E-state index in [2.05, 4.69) is 9.97 Å². The lowest BCUT2D eigenvalue weighted by atomic mass is 10.2. The molecule has 0 spiro atoms. The van der Waals surface area contributed by atoms with Gasteiger partial charge in [0.05, 0.1) is 19.1 Å². The number of nitrogens with zero attached hydrogens (tertiary/aromatic N) is 2. The molecule has 6 nitrogen and oxygen atoms in total. The first-order valence-corrected chi connectivity index (χ1v) is 10.7. The van der Waals surface area contributed by atoms with E-state index in [9.17, 15) is 4.79 Å². The van der Waals surface area contributed by atoms with Crippen LogP contribution < -0.4 is 9.47 Å². The second kappa shape index (κ2) is 10.3. The summed E-state index contributed by atoms with van der Waals surface area (Å²) >= 11 is 7.44. The first-order chi connectivity index (χ1) is 14.5. The molecule has 3 rings (SSSR count). The molecule has 0 bridgehead atoms. The molecule has 1 aromatic heterocycles. The number of carbonyl (C=O) groups excluding carboxylic acids is 1. The summed E-state index contributed by atoms with van der Waals surface area (Å²) in [7, 11) is 1.34. The second-order valence-corrected chi connectivity index (χ2v) is 7.54. The molecule has 0 radical (unpaired) electrons. The Morgan fingerprint density at radius 2 is 1.87 bits per heavy atom. The number of esters is 1. The average molecular weight is 445 g/mol. The Kier molecular flexibility index (Phi) is 7.54. The van der Waals surface area contributed by atoms with Crippen molar-refractivity contribution in [2.45, 2.75) is 25.0 Å². The van der Waals surface area contributed by atoms with Gasteiger partial charge in [0.15, 0.2) is 0 Å². The summed E-state index contributed by atoms with van der Waals surface area (Å²) in [4.78, 5) is 20.6. The standard InChI is InChI=1S/C22H21ClN2O4S/c1-14-24-21(19(12-20(26)27-2)22(25-14)30-3)29-18-9-5-8-17(11-18)28-13-15-6-4-7-16(23)10-15/h4-11H,12-13H2,1-3H3. The van der Waals surface area contributed by atoms with E-state index in [0.717, 1.165) is 5.56 Å². The lowest BCUT2D eigenvalue weighted by molar-refractivity contribution is -0.139. The van der Waals surface area contributed by atoms with E-state index in [1.165, 1.54) is 18.9 Å². The van der Waals surface area contributed by atoms with Gasteiger partial charge in [-0.15, -0.1) is 11.8 Å². The third kappa shape index (κ3) is 5.87. The Balaban J connectivity index is 1.81. The fourth-order valence-electron chi connectivity index (χ4n) is 2.70. The van der Waals surface area contributed by atoms with Crippen LogP contribution >= 0.6 is 23.4 Å². The molecular weight excluding hydrogens is 424 g/mol. The van der Waals surface area contributed by atoms with Crippen LogP contribution in [0.15, 0.2) is 53.6 Å². The summed E-state index contributed by atoms with van der Waals surface area (Å²) in [6.45, 7) is 2.15. The monoisotopic (exact) mass is 444 g/mol. The number of ether oxygens (including phenoxy) is 3. The van der Waals surface area contributed by atoms with Crippen LogP contribution in [0.1, 0.15) is 17.0 Å². The first-order valence-electron chi connectivity index (χ1n) is 9.12. The topological polar surface area (TPSA) is 70.5 Å². The second-order valence-electron chi connectivity index (χ2n) is 6.31. The van der Waals surface area contributed by atoms with Crippen LogP contribution in [0.25, 0.3) is 0 Å². The lowest BCUT2D eigenvalue weighted by Gasteiger charge is -2.14. The van der Waals surface area contributed by atoms with E-state index in [0.29, 0.717) is 45.4 Å². The molecule has 3 aromatic rings. The quantitative estimate of drug-likeness (QED) is 0.267. The summed E-state index contributed by atoms with van der Waals surface area (Å²) < 4.78 is 16.7. The zero-order valence-electron chi connectivity index (χ0n) is 16.8. The van der Waals surface area contributed by atoms with Gasteiger partial charge in [-0.25, -0.2) is 4.98 Å². The van der Waals surface area contributed by atoms with Crippen LogP contribution in [0.2, 0.25) is 5.02 Å². The van der Waals surface area contributed by atoms with Crippen molar-refractivity contribution in [1.29, 1.82) is 0 Å². The predicted octanol–water partition coefficient (Wildman–Crippen LogP) is 5.25. The SMILES string of the molecule is COC(=O)Cc1c(Oc2cccc(OCc3cccc(Cl)c3)c2)nc(C)nc1SC. The smallest absolute Gasteiger partial charge is 0.310 e. The highest BCUT2D eigenvalue weighted by atomic mass is 35.5. The molecule has 0 fully saturated rings. The van der Waals surface area contributed by atoms with Crippen molar-refractivity contribution < 1.29 is 19.0 Å². The van der Waals surface area contributed by atoms with Gasteiger partial charge in [0.2, 0.25) is 5.88 Å². The fourth-order valence-corrected chi connectivity index (χ4v) is 3.54. The summed E-state index contributed by atoms with van der Waals surface area (Å²) in [6, 6.07) is 14.7. The van der Waals surface area contributed by atoms with Gasteiger partial charge in [0.25, 0.3) is 0 Å². The summed E-state index contributed by atoms with van der Waals surface area (Å²) in [5, 5.41) is 1.34. The van der Waals surface area contributed by atoms with Gasteiger partial charge in [0.1, 0.15) is 29.0 Å². The number of hydrogen-bond acceptors (Lipinski definition) is 7. The minimum atomic E-state index is -0.388. The van der Waals surface area contributed by atoms with Crippen LogP contribution in [-0.4, -0.2) is 29.3 Å². The number of aromatic nitrogens is 2.